The summed E-state index contributed by atoms with van der Waals surface area (Å²) in [6, 6.07) is 11.1. The Morgan fingerprint density at radius 1 is 0.943 bits per heavy atom. The van der Waals surface area contributed by atoms with E-state index in [-0.39, 0.29) is 22.6 Å². The first-order valence-electron chi connectivity index (χ1n) is 11.6. The molecule has 10 heteroatoms. The number of pyridine rings is 1. The number of benzene rings is 2. The van der Waals surface area contributed by atoms with E-state index in [1.165, 1.54) is 24.3 Å². The van der Waals surface area contributed by atoms with E-state index >= 15 is 0 Å². The van der Waals surface area contributed by atoms with Crippen LogP contribution in [0.5, 0.6) is 0 Å². The smallest absolute Gasteiger partial charge is 0.270 e. The van der Waals surface area contributed by atoms with Crippen molar-refractivity contribution in [1.29, 1.82) is 0 Å². The fourth-order valence-corrected chi connectivity index (χ4v) is 5.60. The number of hydrogen-bond acceptors (Lipinski definition) is 5. The highest BCUT2D eigenvalue weighted by atomic mass is 35.5. The number of carbonyl (C=O) groups excluding carboxylic acids is 1. The third-order valence-electron chi connectivity index (χ3n) is 7.47. The summed E-state index contributed by atoms with van der Waals surface area (Å²) in [4.78, 5) is 43.0. The van der Waals surface area contributed by atoms with Gasteiger partial charge >= 0.3 is 0 Å². The zero-order chi connectivity index (χ0) is 24.7. The van der Waals surface area contributed by atoms with Crippen LogP contribution in [0.15, 0.2) is 47.3 Å². The van der Waals surface area contributed by atoms with Crippen LogP contribution < -0.4 is 10.5 Å². The van der Waals surface area contributed by atoms with E-state index in [1.807, 2.05) is 18.2 Å². The first kappa shape index (κ1) is 23.6. The number of rotatable bonds is 3. The van der Waals surface area contributed by atoms with E-state index in [9.17, 15) is 19.7 Å². The van der Waals surface area contributed by atoms with Gasteiger partial charge in [0.15, 0.2) is 0 Å². The van der Waals surface area contributed by atoms with Gasteiger partial charge in [-0.25, -0.2) is 0 Å². The SMILES string of the molecule is O=C(c1cc(=O)[nH]c2ccc([N+](=O)[O-])cc12)N1CCC2(CC1)CCN(c1ccc(Cl)c(Cl)c1)CC2. The van der Waals surface area contributed by atoms with Gasteiger partial charge in [0.05, 0.1) is 20.5 Å². The van der Waals surface area contributed by atoms with Gasteiger partial charge in [-0.1, -0.05) is 23.2 Å². The standard InChI is InChI=1S/C25H24Cl2N4O4/c26-20-3-1-16(14-21(20)27)29-9-5-25(6-10-29)7-11-30(12-8-25)24(33)19-15-23(32)28-22-4-2-17(31(34)35)13-18(19)22/h1-4,13-15H,5-12H2,(H,28,32). The summed E-state index contributed by atoms with van der Waals surface area (Å²) in [7, 11) is 0. The molecule has 5 rings (SSSR count). The largest absolute Gasteiger partial charge is 0.371 e. The van der Waals surface area contributed by atoms with Crippen LogP contribution >= 0.6 is 23.2 Å². The predicted octanol–water partition coefficient (Wildman–Crippen LogP) is 5.27. The number of amides is 1. The molecule has 1 amide bonds. The highest BCUT2D eigenvalue weighted by Crippen LogP contribution is 2.43. The number of hydrogen-bond donors (Lipinski definition) is 1. The summed E-state index contributed by atoms with van der Waals surface area (Å²) in [5.41, 5.74) is 1.34. The van der Waals surface area contributed by atoms with Crippen molar-refractivity contribution in [2.75, 3.05) is 31.1 Å². The van der Waals surface area contributed by atoms with Gasteiger partial charge in [0.1, 0.15) is 0 Å². The molecule has 2 aliphatic heterocycles. The maximum absolute atomic E-state index is 13.4. The Labute approximate surface area is 211 Å². The van der Waals surface area contributed by atoms with Crippen LogP contribution in [0.1, 0.15) is 36.0 Å². The summed E-state index contributed by atoms with van der Waals surface area (Å²) in [6.45, 7) is 3.01. The lowest BCUT2D eigenvalue weighted by molar-refractivity contribution is -0.384. The molecule has 182 valence electrons. The second-order valence-corrected chi connectivity index (χ2v) is 10.2. The molecule has 8 nitrogen and oxygen atoms in total. The second-order valence-electron chi connectivity index (χ2n) is 9.41. The third-order valence-corrected chi connectivity index (χ3v) is 8.21. The highest BCUT2D eigenvalue weighted by Gasteiger charge is 2.39. The first-order valence-corrected chi connectivity index (χ1v) is 12.3. The van der Waals surface area contributed by atoms with Crippen molar-refractivity contribution in [3.05, 3.63) is 78.5 Å². The molecule has 0 saturated carbocycles. The summed E-state index contributed by atoms with van der Waals surface area (Å²) < 4.78 is 0. The average Bonchev–Trinajstić information content (AvgIpc) is 2.85. The Hall–Kier alpha value is -3.10. The monoisotopic (exact) mass is 514 g/mol. The van der Waals surface area contributed by atoms with E-state index in [0.717, 1.165) is 44.5 Å². The van der Waals surface area contributed by atoms with Gasteiger partial charge in [0, 0.05) is 61.0 Å². The number of fused-ring (bicyclic) bond motifs is 1. The van der Waals surface area contributed by atoms with Gasteiger partial charge in [-0.15, -0.1) is 0 Å². The molecule has 0 atom stereocenters. The zero-order valence-electron chi connectivity index (χ0n) is 18.9. The Bertz CT molecular complexity index is 1370. The lowest BCUT2D eigenvalue weighted by Gasteiger charge is -2.47. The number of halogens is 2. The maximum atomic E-state index is 13.4. The fraction of sp³-hybridized carbons (Fsp3) is 0.360. The Balaban J connectivity index is 1.29. The number of aromatic nitrogens is 1. The molecule has 2 fully saturated rings. The van der Waals surface area contributed by atoms with Gasteiger partial charge < -0.3 is 14.8 Å². The lowest BCUT2D eigenvalue weighted by atomic mass is 9.71. The van der Waals surface area contributed by atoms with Crippen LogP contribution in [-0.4, -0.2) is 46.9 Å². The van der Waals surface area contributed by atoms with Gasteiger partial charge in [0.25, 0.3) is 11.6 Å². The van der Waals surface area contributed by atoms with E-state index < -0.39 is 10.5 Å². The Kier molecular flexibility index (Phi) is 6.19. The molecular formula is C25H24Cl2N4O4. The molecule has 0 unspecified atom stereocenters. The highest BCUT2D eigenvalue weighted by molar-refractivity contribution is 6.42. The van der Waals surface area contributed by atoms with E-state index in [4.69, 9.17) is 23.2 Å². The van der Waals surface area contributed by atoms with Crippen molar-refractivity contribution in [3.63, 3.8) is 0 Å². The minimum atomic E-state index is -0.506. The molecular weight excluding hydrogens is 491 g/mol. The predicted molar refractivity (Wildman–Crippen MR) is 137 cm³/mol. The Morgan fingerprint density at radius 3 is 2.29 bits per heavy atom. The number of anilines is 1. The van der Waals surface area contributed by atoms with Crippen LogP contribution in [0.25, 0.3) is 10.9 Å². The van der Waals surface area contributed by atoms with Crippen LogP contribution in [0, 0.1) is 15.5 Å². The van der Waals surface area contributed by atoms with Crippen molar-refractivity contribution < 1.29 is 9.72 Å². The minimum Gasteiger partial charge on any atom is -0.371 e. The topological polar surface area (TPSA) is 99.5 Å². The Morgan fingerprint density at radius 2 is 1.63 bits per heavy atom. The van der Waals surface area contributed by atoms with Crippen molar-refractivity contribution >= 4 is 51.4 Å². The van der Waals surface area contributed by atoms with Gasteiger partial charge in [-0.05, 0) is 55.4 Å². The van der Waals surface area contributed by atoms with E-state index in [2.05, 4.69) is 9.88 Å². The number of carbonyl (C=O) groups is 1. The molecule has 0 bridgehead atoms. The number of aromatic amines is 1. The molecule has 0 aliphatic carbocycles. The fourth-order valence-electron chi connectivity index (χ4n) is 5.31. The summed E-state index contributed by atoms with van der Waals surface area (Å²) in [6.07, 6.45) is 3.81. The van der Waals surface area contributed by atoms with Crippen molar-refractivity contribution in [2.45, 2.75) is 25.7 Å². The van der Waals surface area contributed by atoms with Crippen LogP contribution in [0.4, 0.5) is 11.4 Å². The molecule has 1 aromatic heterocycles. The summed E-state index contributed by atoms with van der Waals surface area (Å²) in [5, 5.41) is 12.7. The molecule has 2 saturated heterocycles. The molecule has 2 aromatic carbocycles. The van der Waals surface area contributed by atoms with Crippen LogP contribution in [-0.2, 0) is 0 Å². The average molecular weight is 515 g/mol. The van der Waals surface area contributed by atoms with Crippen molar-refractivity contribution in [3.8, 4) is 0 Å². The van der Waals surface area contributed by atoms with Gasteiger partial charge in [0.2, 0.25) is 5.56 Å². The molecule has 1 N–H and O–H groups in total. The van der Waals surface area contributed by atoms with Gasteiger partial charge in [-0.2, -0.15) is 0 Å². The first-order chi connectivity index (χ1) is 16.7. The normalized spacial score (nSPS) is 17.7. The number of nitro groups is 1. The third kappa shape index (κ3) is 4.60. The zero-order valence-corrected chi connectivity index (χ0v) is 20.4. The molecule has 0 radical (unpaired) electrons. The quantitative estimate of drug-likeness (QED) is 0.379. The van der Waals surface area contributed by atoms with Crippen LogP contribution in [0.2, 0.25) is 10.0 Å². The lowest BCUT2D eigenvalue weighted by Crippen LogP contribution is -2.48. The number of nitro benzene ring substituents is 1. The van der Waals surface area contributed by atoms with Crippen LogP contribution in [0.3, 0.4) is 0 Å². The number of nitrogens with zero attached hydrogens (tertiary/aromatic N) is 3. The molecule has 1 spiro atoms. The minimum absolute atomic E-state index is 0.120. The molecule has 3 aromatic rings. The summed E-state index contributed by atoms with van der Waals surface area (Å²) >= 11 is 12.2. The number of non-ortho nitro benzene ring substituents is 1. The van der Waals surface area contributed by atoms with Crippen molar-refractivity contribution in [2.24, 2.45) is 5.41 Å². The van der Waals surface area contributed by atoms with E-state index in [0.29, 0.717) is 34.0 Å². The maximum Gasteiger partial charge on any atom is 0.270 e. The second kappa shape index (κ2) is 9.17. The number of nitrogens with one attached hydrogen (secondary N) is 1. The summed E-state index contributed by atoms with van der Waals surface area (Å²) in [5.74, 6) is -0.260. The molecule has 2 aliphatic rings. The number of H-pyrrole nitrogens is 1. The van der Waals surface area contributed by atoms with E-state index in [1.54, 1.807) is 4.90 Å². The number of likely N-dealkylation sites (tertiary alicyclic amines) is 1. The van der Waals surface area contributed by atoms with Crippen molar-refractivity contribution in [1.82, 2.24) is 9.88 Å². The van der Waals surface area contributed by atoms with Gasteiger partial charge in [-0.3, -0.25) is 19.7 Å². The number of piperidine rings is 2. The molecule has 3 heterocycles. The molecule has 35 heavy (non-hydrogen) atoms.